The van der Waals surface area contributed by atoms with Crippen molar-refractivity contribution in [1.82, 2.24) is 19.7 Å². The first-order valence-electron chi connectivity index (χ1n) is 10.9. The van der Waals surface area contributed by atoms with Crippen LogP contribution in [0.25, 0.3) is 22.4 Å². The molecule has 3 heterocycles. The van der Waals surface area contributed by atoms with Crippen LogP contribution in [0.5, 0.6) is 11.5 Å². The molecule has 0 N–H and O–H groups in total. The second-order valence-corrected chi connectivity index (χ2v) is 8.76. The molecular formula is C24H24N4O5S. The summed E-state index contributed by atoms with van der Waals surface area (Å²) >= 11 is 1.39. The first-order chi connectivity index (χ1) is 16.7. The van der Waals surface area contributed by atoms with Crippen LogP contribution in [0.2, 0.25) is 0 Å². The van der Waals surface area contributed by atoms with Gasteiger partial charge in [0.15, 0.2) is 16.7 Å². The molecule has 9 nitrogen and oxygen atoms in total. The largest absolute Gasteiger partial charge is 0.493 e. The van der Waals surface area contributed by atoms with Crippen LogP contribution in [-0.4, -0.2) is 46.7 Å². The van der Waals surface area contributed by atoms with Crippen molar-refractivity contribution in [3.05, 3.63) is 58.7 Å². The molecule has 0 aliphatic carbocycles. The molecule has 2 aromatic heterocycles. The Morgan fingerprint density at radius 1 is 1.12 bits per heavy atom. The average molecular weight is 481 g/mol. The normalized spacial score (nSPS) is 15.6. The minimum absolute atomic E-state index is 0.0140. The fraction of sp³-hybridized carbons (Fsp3) is 0.333. The molecule has 1 atom stereocenters. The number of ether oxygens (including phenoxy) is 3. The van der Waals surface area contributed by atoms with Gasteiger partial charge in [-0.25, -0.2) is 4.98 Å². The van der Waals surface area contributed by atoms with Crippen LogP contribution in [0.15, 0.2) is 56.8 Å². The summed E-state index contributed by atoms with van der Waals surface area (Å²) in [5.41, 5.74) is 1.32. The summed E-state index contributed by atoms with van der Waals surface area (Å²) in [4.78, 5) is 18.0. The summed E-state index contributed by atoms with van der Waals surface area (Å²) in [7, 11) is 3.16. The molecule has 0 spiro atoms. The van der Waals surface area contributed by atoms with E-state index in [1.807, 2.05) is 24.3 Å². The van der Waals surface area contributed by atoms with E-state index in [2.05, 4.69) is 10.2 Å². The highest BCUT2D eigenvalue weighted by molar-refractivity contribution is 7.98. The highest BCUT2D eigenvalue weighted by Gasteiger charge is 2.21. The Hall–Kier alpha value is -3.37. The summed E-state index contributed by atoms with van der Waals surface area (Å²) in [6, 6.07) is 12.8. The molecule has 1 saturated heterocycles. The minimum atomic E-state index is -0.0693. The van der Waals surface area contributed by atoms with E-state index in [-0.39, 0.29) is 11.7 Å². The highest BCUT2D eigenvalue weighted by Crippen LogP contribution is 2.32. The Morgan fingerprint density at radius 2 is 1.97 bits per heavy atom. The molecule has 176 valence electrons. The van der Waals surface area contributed by atoms with Gasteiger partial charge in [0.1, 0.15) is 0 Å². The van der Waals surface area contributed by atoms with Gasteiger partial charge in [0.05, 0.1) is 43.5 Å². The van der Waals surface area contributed by atoms with E-state index < -0.39 is 0 Å². The quantitative estimate of drug-likeness (QED) is 0.274. The molecule has 0 unspecified atom stereocenters. The third kappa shape index (κ3) is 4.51. The Kier molecular flexibility index (Phi) is 6.50. The van der Waals surface area contributed by atoms with Crippen molar-refractivity contribution < 1.29 is 18.6 Å². The van der Waals surface area contributed by atoms with Crippen molar-refractivity contribution in [3.8, 4) is 23.0 Å². The summed E-state index contributed by atoms with van der Waals surface area (Å²) in [6.45, 7) is 1.20. The van der Waals surface area contributed by atoms with Crippen molar-refractivity contribution in [3.63, 3.8) is 0 Å². The predicted molar refractivity (Wildman–Crippen MR) is 127 cm³/mol. The van der Waals surface area contributed by atoms with Crippen molar-refractivity contribution in [2.75, 3.05) is 20.8 Å². The Labute approximate surface area is 200 Å². The van der Waals surface area contributed by atoms with Gasteiger partial charge in [0, 0.05) is 12.2 Å². The van der Waals surface area contributed by atoms with E-state index >= 15 is 0 Å². The molecule has 4 aromatic rings. The fourth-order valence-corrected chi connectivity index (χ4v) is 4.78. The lowest BCUT2D eigenvalue weighted by molar-refractivity contribution is 0.0937. The van der Waals surface area contributed by atoms with E-state index in [0.717, 1.165) is 25.0 Å². The number of rotatable bonds is 8. The van der Waals surface area contributed by atoms with Crippen LogP contribution < -0.4 is 15.0 Å². The lowest BCUT2D eigenvalue weighted by atomic mass is 10.2. The van der Waals surface area contributed by atoms with Crippen LogP contribution in [-0.2, 0) is 17.0 Å². The van der Waals surface area contributed by atoms with Gasteiger partial charge in [-0.1, -0.05) is 23.9 Å². The molecule has 0 bridgehead atoms. The number of para-hydroxylation sites is 1. The van der Waals surface area contributed by atoms with Gasteiger partial charge < -0.3 is 18.6 Å². The first-order valence-corrected chi connectivity index (χ1v) is 11.9. The maximum atomic E-state index is 13.2. The smallest absolute Gasteiger partial charge is 0.262 e. The standard InChI is InChI=1S/C24H24N4O5S/c1-30-19-10-9-15(12-20(19)31-2)22-27-26-21(33-22)14-34-24-25-18-8-4-3-7-17(18)23(29)28(24)13-16-6-5-11-32-16/h3-4,7-10,12,16H,5-6,11,13-14H2,1-2H3/t16-/m1/s1. The second kappa shape index (κ2) is 9.86. The molecule has 34 heavy (non-hydrogen) atoms. The molecule has 0 amide bonds. The summed E-state index contributed by atoms with van der Waals surface area (Å²) in [5, 5.41) is 9.54. The SMILES string of the molecule is COc1ccc(-c2nnc(CSc3nc4ccccc4c(=O)n3C[C@H]3CCCO3)o2)cc1OC. The maximum absolute atomic E-state index is 13.2. The molecule has 1 aliphatic heterocycles. The van der Waals surface area contributed by atoms with Gasteiger partial charge in [-0.15, -0.1) is 10.2 Å². The lowest BCUT2D eigenvalue weighted by Gasteiger charge is -2.16. The van der Waals surface area contributed by atoms with Gasteiger partial charge in [0.2, 0.25) is 11.8 Å². The third-order valence-corrected chi connectivity index (χ3v) is 6.62. The number of nitrogens with zero attached hydrogens (tertiary/aromatic N) is 4. The van der Waals surface area contributed by atoms with E-state index in [1.54, 1.807) is 37.0 Å². The monoisotopic (exact) mass is 480 g/mol. The Bertz CT molecular complexity index is 1360. The van der Waals surface area contributed by atoms with Gasteiger partial charge in [-0.2, -0.15) is 0 Å². The Morgan fingerprint density at radius 3 is 2.76 bits per heavy atom. The third-order valence-electron chi connectivity index (χ3n) is 5.66. The number of benzene rings is 2. The lowest BCUT2D eigenvalue weighted by Crippen LogP contribution is -2.28. The zero-order chi connectivity index (χ0) is 23.5. The van der Waals surface area contributed by atoms with Gasteiger partial charge in [-0.3, -0.25) is 9.36 Å². The summed E-state index contributed by atoms with van der Waals surface area (Å²) < 4.78 is 24.0. The molecule has 10 heteroatoms. The van der Waals surface area contributed by atoms with Crippen LogP contribution in [0.3, 0.4) is 0 Å². The average Bonchev–Trinajstić information content (AvgIpc) is 3.56. The molecule has 0 radical (unpaired) electrons. The maximum Gasteiger partial charge on any atom is 0.262 e. The zero-order valence-electron chi connectivity index (χ0n) is 18.9. The van der Waals surface area contributed by atoms with E-state index in [0.29, 0.717) is 51.6 Å². The summed E-state index contributed by atoms with van der Waals surface area (Å²) in [6.07, 6.45) is 1.95. The molecule has 2 aromatic carbocycles. The van der Waals surface area contributed by atoms with Crippen molar-refractivity contribution in [2.24, 2.45) is 0 Å². The zero-order valence-corrected chi connectivity index (χ0v) is 19.7. The van der Waals surface area contributed by atoms with Crippen LogP contribution in [0, 0.1) is 0 Å². The van der Waals surface area contributed by atoms with Crippen molar-refractivity contribution in [2.45, 2.75) is 36.4 Å². The van der Waals surface area contributed by atoms with Crippen LogP contribution in [0.4, 0.5) is 0 Å². The number of thioether (sulfide) groups is 1. The topological polar surface area (TPSA) is 102 Å². The van der Waals surface area contributed by atoms with Crippen LogP contribution in [0.1, 0.15) is 18.7 Å². The van der Waals surface area contributed by atoms with Gasteiger partial charge >= 0.3 is 0 Å². The highest BCUT2D eigenvalue weighted by atomic mass is 32.2. The molecule has 1 aliphatic rings. The van der Waals surface area contributed by atoms with E-state index in [4.69, 9.17) is 23.6 Å². The number of hydrogen-bond donors (Lipinski definition) is 0. The van der Waals surface area contributed by atoms with E-state index in [9.17, 15) is 4.79 Å². The number of aromatic nitrogens is 4. The van der Waals surface area contributed by atoms with E-state index in [1.165, 1.54) is 11.8 Å². The fourth-order valence-electron chi connectivity index (χ4n) is 3.93. The number of fused-ring (bicyclic) bond motifs is 1. The number of hydrogen-bond acceptors (Lipinski definition) is 9. The van der Waals surface area contributed by atoms with Crippen molar-refractivity contribution >= 4 is 22.7 Å². The molecular weight excluding hydrogens is 456 g/mol. The van der Waals surface area contributed by atoms with Crippen molar-refractivity contribution in [1.29, 1.82) is 0 Å². The number of methoxy groups -OCH3 is 2. The molecule has 0 saturated carbocycles. The molecule has 5 rings (SSSR count). The van der Waals surface area contributed by atoms with Gasteiger partial charge in [0.25, 0.3) is 5.56 Å². The first kappa shape index (κ1) is 22.4. The van der Waals surface area contributed by atoms with Crippen LogP contribution >= 0.6 is 11.8 Å². The molecule has 1 fully saturated rings. The Balaban J connectivity index is 1.40. The van der Waals surface area contributed by atoms with Gasteiger partial charge in [-0.05, 0) is 43.2 Å². The second-order valence-electron chi connectivity index (χ2n) is 7.82. The minimum Gasteiger partial charge on any atom is -0.493 e. The predicted octanol–water partition coefficient (Wildman–Crippen LogP) is 3.94. The summed E-state index contributed by atoms with van der Waals surface area (Å²) in [5.74, 6) is 2.37.